The molecule has 7 heteroatoms. The van der Waals surface area contributed by atoms with E-state index in [4.69, 9.17) is 0 Å². The summed E-state index contributed by atoms with van der Waals surface area (Å²) >= 11 is 0. The Morgan fingerprint density at radius 3 is 2.08 bits per heavy atom. The highest BCUT2D eigenvalue weighted by atomic mass is 16.6. The maximum atomic E-state index is 12.3. The van der Waals surface area contributed by atoms with Crippen LogP contribution in [-0.2, 0) is 0 Å². The summed E-state index contributed by atoms with van der Waals surface area (Å²) in [6, 6.07) is 6.09. The fourth-order valence-corrected chi connectivity index (χ4v) is 2.69. The number of fused-ring (bicyclic) bond motifs is 1. The monoisotopic (exact) mass is 325 g/mol. The molecule has 0 aliphatic carbocycles. The molecule has 0 unspecified atom stereocenters. The van der Waals surface area contributed by atoms with Gasteiger partial charge in [-0.25, -0.2) is 4.52 Å². The molecule has 7 nitrogen and oxygen atoms in total. The highest BCUT2D eigenvalue weighted by Crippen LogP contribution is 2.16. The lowest BCUT2D eigenvalue weighted by Gasteiger charge is -1.98. The molecule has 0 spiro atoms. The summed E-state index contributed by atoms with van der Waals surface area (Å²) in [4.78, 5) is 34.7. The molecule has 0 fully saturated rings. The third-order valence-electron chi connectivity index (χ3n) is 4.24. The molecule has 24 heavy (non-hydrogen) atoms. The van der Waals surface area contributed by atoms with E-state index in [1.54, 1.807) is 49.6 Å². The first-order valence-corrected chi connectivity index (χ1v) is 7.32. The van der Waals surface area contributed by atoms with Crippen LogP contribution in [0.1, 0.15) is 28.1 Å². The van der Waals surface area contributed by atoms with Crippen molar-refractivity contribution in [3.63, 3.8) is 0 Å². The highest BCUT2D eigenvalue weighted by Gasteiger charge is 2.18. The molecule has 122 valence electrons. The van der Waals surface area contributed by atoms with Gasteiger partial charge in [-0.15, -0.1) is 0 Å². The molecule has 0 aliphatic heterocycles. The average Bonchev–Trinajstić information content (AvgIpc) is 2.94. The van der Waals surface area contributed by atoms with E-state index < -0.39 is 4.92 Å². The van der Waals surface area contributed by atoms with Gasteiger partial charge >= 0.3 is 0 Å². The van der Waals surface area contributed by atoms with E-state index in [1.807, 2.05) is 0 Å². The first kappa shape index (κ1) is 15.7. The van der Waals surface area contributed by atoms with Gasteiger partial charge in [0.2, 0.25) is 0 Å². The number of benzene rings is 1. The van der Waals surface area contributed by atoms with Crippen LogP contribution in [0.2, 0.25) is 0 Å². The number of aromatic nitrogens is 2. The Kier molecular flexibility index (Phi) is 3.56. The van der Waals surface area contributed by atoms with Gasteiger partial charge in [-0.05, 0) is 44.5 Å². The Morgan fingerprint density at radius 1 is 0.917 bits per heavy atom. The molecule has 0 amide bonds. The zero-order valence-corrected chi connectivity index (χ0v) is 13.4. The fraction of sp³-hybridized carbons (Fsp3) is 0.176. The minimum Gasteiger partial charge on any atom is -0.267 e. The van der Waals surface area contributed by atoms with Gasteiger partial charge in [0.1, 0.15) is 0 Å². The largest absolute Gasteiger partial charge is 0.278 e. The van der Waals surface area contributed by atoms with Crippen LogP contribution in [0.4, 0.5) is 5.69 Å². The highest BCUT2D eigenvalue weighted by molar-refractivity contribution is 5.70. The summed E-state index contributed by atoms with van der Waals surface area (Å²) in [6.07, 6.45) is 3.49. The second kappa shape index (κ2) is 5.45. The summed E-state index contributed by atoms with van der Waals surface area (Å²) in [6.45, 7) is 5.15. The van der Waals surface area contributed by atoms with Crippen LogP contribution in [0.5, 0.6) is 0 Å². The van der Waals surface area contributed by atoms with Crippen LogP contribution in [0.15, 0.2) is 33.9 Å². The molecule has 0 atom stereocenters. The minimum absolute atomic E-state index is 0.0179. The SMILES string of the molecule is Cc1c(C)n2c(/C=C/c3ccc([N+](=O)[O-])cc3)c(C)c(=O)n2c1=O. The second-order valence-electron chi connectivity index (χ2n) is 5.64. The zero-order valence-electron chi connectivity index (χ0n) is 13.4. The van der Waals surface area contributed by atoms with Crippen molar-refractivity contribution in [2.75, 3.05) is 0 Å². The van der Waals surface area contributed by atoms with Gasteiger partial charge < -0.3 is 0 Å². The molecule has 0 N–H and O–H groups in total. The Morgan fingerprint density at radius 2 is 1.50 bits per heavy atom. The number of nitrogens with zero attached hydrogens (tertiary/aromatic N) is 3. The van der Waals surface area contributed by atoms with E-state index in [0.717, 1.165) is 10.1 Å². The van der Waals surface area contributed by atoms with Crippen LogP contribution in [0.3, 0.4) is 0 Å². The first-order valence-electron chi connectivity index (χ1n) is 7.32. The molecule has 2 heterocycles. The van der Waals surface area contributed by atoms with Gasteiger partial charge in [0.05, 0.1) is 10.6 Å². The standard InChI is InChI=1S/C17H15N3O4/c1-10-12(3)18-15(11(2)17(22)19(18)16(10)21)9-6-13-4-7-14(8-5-13)20(23)24/h4-9H,1-3H3/b9-6+. The Labute approximate surface area is 136 Å². The van der Waals surface area contributed by atoms with E-state index in [1.165, 1.54) is 12.1 Å². The topological polar surface area (TPSA) is 86.1 Å². The fourth-order valence-electron chi connectivity index (χ4n) is 2.69. The second-order valence-corrected chi connectivity index (χ2v) is 5.64. The molecule has 0 radical (unpaired) electrons. The van der Waals surface area contributed by atoms with E-state index >= 15 is 0 Å². The Hall–Kier alpha value is -3.22. The number of non-ortho nitro benzene ring substituents is 1. The maximum absolute atomic E-state index is 12.3. The van der Waals surface area contributed by atoms with Crippen LogP contribution in [0.25, 0.3) is 12.2 Å². The summed E-state index contributed by atoms with van der Waals surface area (Å²) in [5.41, 5.74) is 2.50. The van der Waals surface area contributed by atoms with Crippen molar-refractivity contribution in [3.8, 4) is 0 Å². The first-order chi connectivity index (χ1) is 11.3. The smallest absolute Gasteiger partial charge is 0.267 e. The molecule has 1 aromatic carbocycles. The van der Waals surface area contributed by atoms with Crippen LogP contribution in [0, 0.1) is 30.9 Å². The summed E-state index contributed by atoms with van der Waals surface area (Å²) in [7, 11) is 0. The molecule has 3 rings (SSSR count). The normalized spacial score (nSPS) is 11.6. The van der Waals surface area contributed by atoms with Crippen LogP contribution in [-0.4, -0.2) is 14.0 Å². The van der Waals surface area contributed by atoms with Crippen molar-refractivity contribution < 1.29 is 4.92 Å². The molecule has 0 aliphatic rings. The lowest BCUT2D eigenvalue weighted by Crippen LogP contribution is -2.23. The lowest BCUT2D eigenvalue weighted by molar-refractivity contribution is -0.384. The van der Waals surface area contributed by atoms with E-state index in [2.05, 4.69) is 0 Å². The zero-order chi connectivity index (χ0) is 17.6. The lowest BCUT2D eigenvalue weighted by atomic mass is 10.1. The quantitative estimate of drug-likeness (QED) is 0.546. The van der Waals surface area contributed by atoms with Crippen molar-refractivity contribution in [3.05, 3.63) is 83.2 Å². The molecule has 0 bridgehead atoms. The number of rotatable bonds is 3. The van der Waals surface area contributed by atoms with Gasteiger partial charge in [0, 0.05) is 29.0 Å². The number of aryl methyl sites for hydroxylation is 1. The van der Waals surface area contributed by atoms with Crippen LogP contribution >= 0.6 is 0 Å². The van der Waals surface area contributed by atoms with Gasteiger partial charge in [-0.2, -0.15) is 4.52 Å². The van der Waals surface area contributed by atoms with Crippen molar-refractivity contribution in [2.45, 2.75) is 20.8 Å². The molecule has 3 aromatic rings. The van der Waals surface area contributed by atoms with Crippen molar-refractivity contribution in [2.24, 2.45) is 0 Å². The third-order valence-corrected chi connectivity index (χ3v) is 4.24. The molecule has 0 saturated heterocycles. The predicted octanol–water partition coefficient (Wildman–Crippen LogP) is 2.20. The molecular formula is C17H15N3O4. The van der Waals surface area contributed by atoms with Gasteiger partial charge in [-0.3, -0.25) is 19.7 Å². The van der Waals surface area contributed by atoms with Crippen molar-refractivity contribution in [1.29, 1.82) is 0 Å². The van der Waals surface area contributed by atoms with E-state index in [0.29, 0.717) is 22.5 Å². The summed E-state index contributed by atoms with van der Waals surface area (Å²) in [5, 5.41) is 10.7. The number of nitro groups is 1. The summed E-state index contributed by atoms with van der Waals surface area (Å²) < 4.78 is 2.74. The van der Waals surface area contributed by atoms with Crippen molar-refractivity contribution >= 4 is 17.8 Å². The number of hydrogen-bond acceptors (Lipinski definition) is 4. The van der Waals surface area contributed by atoms with Gasteiger partial charge in [0.15, 0.2) is 0 Å². The van der Waals surface area contributed by atoms with Gasteiger partial charge in [-0.1, -0.05) is 6.08 Å². The minimum atomic E-state index is -0.458. The van der Waals surface area contributed by atoms with Gasteiger partial charge in [0.25, 0.3) is 16.8 Å². The molecular weight excluding hydrogens is 310 g/mol. The van der Waals surface area contributed by atoms with E-state index in [9.17, 15) is 19.7 Å². The maximum Gasteiger partial charge on any atom is 0.278 e. The average molecular weight is 325 g/mol. The van der Waals surface area contributed by atoms with Crippen LogP contribution < -0.4 is 11.1 Å². The Bertz CT molecular complexity index is 1090. The summed E-state index contributed by atoms with van der Waals surface area (Å²) in [5.74, 6) is 0. The third kappa shape index (κ3) is 2.21. The van der Waals surface area contributed by atoms with E-state index in [-0.39, 0.29) is 16.8 Å². The Balaban J connectivity index is 2.12. The molecule has 2 aromatic heterocycles. The predicted molar refractivity (Wildman–Crippen MR) is 90.8 cm³/mol. The number of nitro benzene ring substituents is 1. The number of hydrogen-bond donors (Lipinski definition) is 0. The van der Waals surface area contributed by atoms with Crippen molar-refractivity contribution in [1.82, 2.24) is 9.03 Å². The molecule has 0 saturated carbocycles.